The number of hydrogen-bond acceptors (Lipinski definition) is 1. The maximum absolute atomic E-state index is 3.27. The highest BCUT2D eigenvalue weighted by Gasteiger charge is 2.22. The Balaban J connectivity index is 2.16. The van der Waals surface area contributed by atoms with Gasteiger partial charge in [0.25, 0.3) is 0 Å². The average Bonchev–Trinajstić information content (AvgIpc) is 2.55. The molecule has 0 aliphatic carbocycles. The van der Waals surface area contributed by atoms with Gasteiger partial charge < -0.3 is 4.98 Å². The first kappa shape index (κ1) is 6.92. The lowest BCUT2D eigenvalue weighted by molar-refractivity contribution is 0.313. The van der Waals surface area contributed by atoms with Crippen LogP contribution in [0.1, 0.15) is 24.6 Å². The molecule has 0 radical (unpaired) electrons. The van der Waals surface area contributed by atoms with E-state index in [4.69, 9.17) is 0 Å². The number of nitrogens with zero attached hydrogens (tertiary/aromatic N) is 1. The van der Waals surface area contributed by atoms with Crippen molar-refractivity contribution in [2.75, 3.05) is 13.6 Å². The molecule has 1 fully saturated rings. The van der Waals surface area contributed by atoms with E-state index in [1.54, 1.807) is 0 Å². The topological polar surface area (TPSA) is 19.0 Å². The Kier molecular flexibility index (Phi) is 1.70. The molecule has 2 nitrogen and oxygen atoms in total. The van der Waals surface area contributed by atoms with Gasteiger partial charge in [0.15, 0.2) is 0 Å². The highest BCUT2D eigenvalue weighted by Crippen LogP contribution is 2.28. The monoisotopic (exact) mass is 150 g/mol. The quantitative estimate of drug-likeness (QED) is 0.646. The Morgan fingerprint density at radius 3 is 3.09 bits per heavy atom. The second kappa shape index (κ2) is 2.70. The van der Waals surface area contributed by atoms with Crippen LogP contribution in [0.4, 0.5) is 0 Å². The fraction of sp³-hybridized carbons (Fsp3) is 0.556. The van der Waals surface area contributed by atoms with E-state index in [-0.39, 0.29) is 0 Å². The molecule has 60 valence electrons. The predicted octanol–water partition coefficient (Wildman–Crippen LogP) is 1.78. The van der Waals surface area contributed by atoms with Gasteiger partial charge in [0.05, 0.1) is 0 Å². The molecule has 1 aliphatic heterocycles. The second-order valence-electron chi connectivity index (χ2n) is 3.26. The lowest BCUT2D eigenvalue weighted by Gasteiger charge is -2.17. The van der Waals surface area contributed by atoms with Crippen LogP contribution in [-0.4, -0.2) is 23.5 Å². The van der Waals surface area contributed by atoms with Crippen molar-refractivity contribution >= 4 is 0 Å². The summed E-state index contributed by atoms with van der Waals surface area (Å²) in [5, 5.41) is 0. The molecule has 2 heterocycles. The molecule has 1 saturated heterocycles. The zero-order valence-electron chi connectivity index (χ0n) is 6.88. The highest BCUT2D eigenvalue weighted by atomic mass is 15.2. The molecule has 2 heteroatoms. The van der Waals surface area contributed by atoms with E-state index in [1.807, 2.05) is 6.20 Å². The van der Waals surface area contributed by atoms with Crippen LogP contribution in [0, 0.1) is 0 Å². The van der Waals surface area contributed by atoms with Crippen LogP contribution < -0.4 is 0 Å². The van der Waals surface area contributed by atoms with Gasteiger partial charge in [-0.1, -0.05) is 0 Å². The van der Waals surface area contributed by atoms with Crippen LogP contribution in [0.3, 0.4) is 0 Å². The normalized spacial score (nSPS) is 26.1. The molecule has 1 aliphatic rings. The summed E-state index contributed by atoms with van der Waals surface area (Å²) >= 11 is 0. The van der Waals surface area contributed by atoms with E-state index >= 15 is 0 Å². The third kappa shape index (κ3) is 1.18. The van der Waals surface area contributed by atoms with Crippen molar-refractivity contribution in [1.82, 2.24) is 9.88 Å². The van der Waals surface area contributed by atoms with Crippen LogP contribution in [0.2, 0.25) is 0 Å². The van der Waals surface area contributed by atoms with Crippen molar-refractivity contribution in [2.24, 2.45) is 0 Å². The molecular formula is C9H14N2. The fourth-order valence-corrected chi connectivity index (χ4v) is 1.85. The molecule has 1 N–H and O–H groups in total. The van der Waals surface area contributed by atoms with Crippen molar-refractivity contribution in [2.45, 2.75) is 18.9 Å². The van der Waals surface area contributed by atoms with Gasteiger partial charge in [0, 0.05) is 17.9 Å². The molecule has 0 saturated carbocycles. The van der Waals surface area contributed by atoms with Crippen LogP contribution in [0.15, 0.2) is 18.3 Å². The zero-order chi connectivity index (χ0) is 7.68. The van der Waals surface area contributed by atoms with E-state index in [2.05, 4.69) is 29.1 Å². The molecule has 0 aromatic carbocycles. The maximum atomic E-state index is 3.27. The zero-order valence-corrected chi connectivity index (χ0v) is 6.88. The first-order valence-corrected chi connectivity index (χ1v) is 4.21. The van der Waals surface area contributed by atoms with Gasteiger partial charge in [-0.2, -0.15) is 0 Å². The third-order valence-corrected chi connectivity index (χ3v) is 2.50. The second-order valence-corrected chi connectivity index (χ2v) is 3.26. The number of H-pyrrole nitrogens is 1. The molecule has 0 amide bonds. The lowest BCUT2D eigenvalue weighted by Crippen LogP contribution is -2.17. The molecule has 2 rings (SSSR count). The Bertz CT molecular complexity index is 215. The maximum Gasteiger partial charge on any atom is 0.0495 e. The third-order valence-electron chi connectivity index (χ3n) is 2.50. The minimum absolute atomic E-state index is 0.644. The molecular weight excluding hydrogens is 136 g/mol. The van der Waals surface area contributed by atoms with Crippen LogP contribution >= 0.6 is 0 Å². The van der Waals surface area contributed by atoms with Crippen molar-refractivity contribution in [1.29, 1.82) is 0 Å². The van der Waals surface area contributed by atoms with Crippen LogP contribution in [0.25, 0.3) is 0 Å². The van der Waals surface area contributed by atoms with Crippen LogP contribution in [-0.2, 0) is 0 Å². The summed E-state index contributed by atoms with van der Waals surface area (Å²) in [7, 11) is 2.19. The minimum Gasteiger partial charge on any atom is -0.364 e. The van der Waals surface area contributed by atoms with Gasteiger partial charge in [0.1, 0.15) is 0 Å². The summed E-state index contributed by atoms with van der Waals surface area (Å²) < 4.78 is 0. The number of rotatable bonds is 1. The average molecular weight is 150 g/mol. The van der Waals surface area contributed by atoms with E-state index in [0.717, 1.165) is 0 Å². The Hall–Kier alpha value is -0.760. The van der Waals surface area contributed by atoms with Gasteiger partial charge in [-0.25, -0.2) is 0 Å². The minimum atomic E-state index is 0.644. The van der Waals surface area contributed by atoms with Gasteiger partial charge in [-0.05, 0) is 38.6 Å². The lowest BCUT2D eigenvalue weighted by atomic mass is 10.1. The number of aromatic nitrogens is 1. The molecule has 1 aromatic heterocycles. The first-order valence-electron chi connectivity index (χ1n) is 4.21. The Morgan fingerprint density at radius 2 is 2.55 bits per heavy atom. The van der Waals surface area contributed by atoms with Crippen molar-refractivity contribution in [3.8, 4) is 0 Å². The highest BCUT2D eigenvalue weighted by molar-refractivity contribution is 5.10. The summed E-state index contributed by atoms with van der Waals surface area (Å²) in [5.74, 6) is 0. The summed E-state index contributed by atoms with van der Waals surface area (Å²) in [6.45, 7) is 1.24. The van der Waals surface area contributed by atoms with E-state index < -0.39 is 0 Å². The van der Waals surface area contributed by atoms with Gasteiger partial charge in [-0.3, -0.25) is 4.90 Å². The van der Waals surface area contributed by atoms with E-state index in [0.29, 0.717) is 6.04 Å². The number of aromatic amines is 1. The molecule has 0 spiro atoms. The standard InChI is InChI=1S/C9H14N2/c1-11-7-3-5-9(11)8-4-2-6-10-8/h2,4,6,9-10H,3,5,7H2,1H3. The largest absolute Gasteiger partial charge is 0.364 e. The molecule has 11 heavy (non-hydrogen) atoms. The number of likely N-dealkylation sites (tertiary alicyclic amines) is 1. The van der Waals surface area contributed by atoms with Gasteiger partial charge in [-0.15, -0.1) is 0 Å². The summed E-state index contributed by atoms with van der Waals surface area (Å²) in [5.41, 5.74) is 1.37. The predicted molar refractivity (Wildman–Crippen MR) is 45.4 cm³/mol. The Morgan fingerprint density at radius 1 is 1.64 bits per heavy atom. The fourth-order valence-electron chi connectivity index (χ4n) is 1.85. The molecule has 1 aromatic rings. The Labute approximate surface area is 67.2 Å². The van der Waals surface area contributed by atoms with E-state index in [1.165, 1.54) is 25.1 Å². The van der Waals surface area contributed by atoms with Crippen molar-refractivity contribution < 1.29 is 0 Å². The van der Waals surface area contributed by atoms with Gasteiger partial charge >= 0.3 is 0 Å². The van der Waals surface area contributed by atoms with Gasteiger partial charge in [0.2, 0.25) is 0 Å². The molecule has 1 unspecified atom stereocenters. The first-order chi connectivity index (χ1) is 5.38. The van der Waals surface area contributed by atoms with E-state index in [9.17, 15) is 0 Å². The summed E-state index contributed by atoms with van der Waals surface area (Å²) in [6, 6.07) is 4.89. The number of nitrogens with one attached hydrogen (secondary N) is 1. The molecule has 0 bridgehead atoms. The number of hydrogen-bond donors (Lipinski definition) is 1. The SMILES string of the molecule is CN1CCCC1c1ccc[nH]1. The summed E-state index contributed by atoms with van der Waals surface area (Å²) in [6.07, 6.45) is 4.64. The van der Waals surface area contributed by atoms with Crippen molar-refractivity contribution in [3.05, 3.63) is 24.0 Å². The van der Waals surface area contributed by atoms with Crippen LogP contribution in [0.5, 0.6) is 0 Å². The smallest absolute Gasteiger partial charge is 0.0495 e. The van der Waals surface area contributed by atoms with Crippen molar-refractivity contribution in [3.63, 3.8) is 0 Å². The molecule has 1 atom stereocenters. The summed E-state index contributed by atoms with van der Waals surface area (Å²) in [4.78, 5) is 5.68.